The van der Waals surface area contributed by atoms with Gasteiger partial charge < -0.3 is 10.6 Å². The summed E-state index contributed by atoms with van der Waals surface area (Å²) in [4.78, 5) is 14.2. The molecule has 0 aromatic heterocycles. The lowest BCUT2D eigenvalue weighted by Crippen LogP contribution is -2.46. The van der Waals surface area contributed by atoms with Crippen LogP contribution in [0.5, 0.6) is 0 Å². The largest absolute Gasteiger partial charge is 0.355 e. The SMILES string of the molecule is CN=C(NCCNS(=O)(=O)c1cccc([N+](=O)[O-])c1)NC1CCC(C)CC1. The molecule has 1 aromatic carbocycles. The zero-order valence-corrected chi connectivity index (χ0v) is 16.5. The standard InChI is InChI=1S/C17H27N5O4S/c1-13-6-8-14(9-7-13)21-17(18-2)19-10-11-20-27(25,26)16-5-3-4-15(12-16)22(23)24/h3-5,12-14,20H,6-11H2,1-2H3,(H2,18,19,21). The van der Waals surface area contributed by atoms with Gasteiger partial charge in [-0.15, -0.1) is 0 Å². The molecule has 0 aliphatic heterocycles. The summed E-state index contributed by atoms with van der Waals surface area (Å²) in [5.41, 5.74) is -0.262. The molecule has 0 radical (unpaired) electrons. The molecule has 2 rings (SSSR count). The highest BCUT2D eigenvalue weighted by Gasteiger charge is 2.19. The van der Waals surface area contributed by atoms with Crippen LogP contribution in [-0.4, -0.2) is 45.5 Å². The first-order chi connectivity index (χ1) is 12.8. The van der Waals surface area contributed by atoms with E-state index in [9.17, 15) is 18.5 Å². The molecule has 0 unspecified atom stereocenters. The number of guanidine groups is 1. The molecule has 1 aliphatic rings. The second kappa shape index (κ2) is 9.65. The molecule has 1 aromatic rings. The number of nitrogens with one attached hydrogen (secondary N) is 3. The first kappa shape index (κ1) is 21.1. The van der Waals surface area contributed by atoms with E-state index >= 15 is 0 Å². The quantitative estimate of drug-likeness (QED) is 0.211. The second-order valence-electron chi connectivity index (χ2n) is 6.75. The van der Waals surface area contributed by atoms with Crippen molar-refractivity contribution in [3.63, 3.8) is 0 Å². The monoisotopic (exact) mass is 397 g/mol. The fourth-order valence-corrected chi connectivity index (χ4v) is 4.08. The molecule has 1 fully saturated rings. The van der Waals surface area contributed by atoms with Crippen LogP contribution < -0.4 is 15.4 Å². The van der Waals surface area contributed by atoms with Crippen LogP contribution in [0.2, 0.25) is 0 Å². The first-order valence-corrected chi connectivity index (χ1v) is 10.5. The van der Waals surface area contributed by atoms with Gasteiger partial charge in [-0.1, -0.05) is 13.0 Å². The number of rotatable bonds is 7. The summed E-state index contributed by atoms with van der Waals surface area (Å²) in [5.74, 6) is 1.41. The first-order valence-electron chi connectivity index (χ1n) is 9.03. The van der Waals surface area contributed by atoms with Crippen molar-refractivity contribution < 1.29 is 13.3 Å². The van der Waals surface area contributed by atoms with E-state index in [1.807, 2.05) is 0 Å². The van der Waals surface area contributed by atoms with Crippen molar-refractivity contribution in [1.82, 2.24) is 15.4 Å². The predicted octanol–water partition coefficient (Wildman–Crippen LogP) is 1.62. The van der Waals surface area contributed by atoms with Gasteiger partial charge in [-0.05, 0) is 37.7 Å². The van der Waals surface area contributed by atoms with Crippen LogP contribution in [0.25, 0.3) is 0 Å². The Balaban J connectivity index is 1.80. The van der Waals surface area contributed by atoms with Crippen LogP contribution >= 0.6 is 0 Å². The number of aliphatic imine (C=N–C) groups is 1. The highest BCUT2D eigenvalue weighted by molar-refractivity contribution is 7.89. The number of nitro benzene ring substituents is 1. The van der Waals surface area contributed by atoms with Crippen LogP contribution in [0.3, 0.4) is 0 Å². The zero-order chi connectivity index (χ0) is 19.9. The van der Waals surface area contributed by atoms with Gasteiger partial charge in [0.15, 0.2) is 5.96 Å². The Hall–Kier alpha value is -2.20. The van der Waals surface area contributed by atoms with Crippen molar-refractivity contribution in [3.8, 4) is 0 Å². The average molecular weight is 398 g/mol. The Morgan fingerprint density at radius 2 is 1.96 bits per heavy atom. The van der Waals surface area contributed by atoms with Crippen LogP contribution in [0.15, 0.2) is 34.2 Å². The van der Waals surface area contributed by atoms with E-state index in [0.717, 1.165) is 24.8 Å². The molecule has 0 spiro atoms. The third-order valence-electron chi connectivity index (χ3n) is 4.63. The van der Waals surface area contributed by atoms with E-state index in [0.29, 0.717) is 18.5 Å². The molecule has 9 nitrogen and oxygen atoms in total. The van der Waals surface area contributed by atoms with Gasteiger partial charge in [-0.25, -0.2) is 13.1 Å². The summed E-state index contributed by atoms with van der Waals surface area (Å²) in [6.07, 6.45) is 4.58. The lowest BCUT2D eigenvalue weighted by Gasteiger charge is -2.28. The maximum atomic E-state index is 12.3. The van der Waals surface area contributed by atoms with Gasteiger partial charge in [0, 0.05) is 38.3 Å². The van der Waals surface area contributed by atoms with Crippen molar-refractivity contribution in [2.75, 3.05) is 20.1 Å². The highest BCUT2D eigenvalue weighted by atomic mass is 32.2. The average Bonchev–Trinajstić information content (AvgIpc) is 2.66. The normalized spacial score (nSPS) is 20.9. The van der Waals surface area contributed by atoms with E-state index in [1.165, 1.54) is 31.0 Å². The number of nitrogens with zero attached hydrogens (tertiary/aromatic N) is 2. The number of benzene rings is 1. The van der Waals surface area contributed by atoms with Crippen LogP contribution in [0.1, 0.15) is 32.6 Å². The van der Waals surface area contributed by atoms with Crippen LogP contribution in [0.4, 0.5) is 5.69 Å². The van der Waals surface area contributed by atoms with Gasteiger partial charge in [0.25, 0.3) is 5.69 Å². The third-order valence-corrected chi connectivity index (χ3v) is 6.09. The zero-order valence-electron chi connectivity index (χ0n) is 15.6. The fraction of sp³-hybridized carbons (Fsp3) is 0.588. The number of nitro groups is 1. The topological polar surface area (TPSA) is 126 Å². The van der Waals surface area contributed by atoms with Gasteiger partial charge >= 0.3 is 0 Å². The van der Waals surface area contributed by atoms with Crippen LogP contribution in [-0.2, 0) is 10.0 Å². The molecule has 1 saturated carbocycles. The molecule has 150 valence electrons. The Bertz CT molecular complexity index is 773. The van der Waals surface area contributed by atoms with Crippen molar-refractivity contribution >= 4 is 21.7 Å². The molecule has 27 heavy (non-hydrogen) atoms. The molecule has 1 aliphatic carbocycles. The summed E-state index contributed by atoms with van der Waals surface area (Å²) in [7, 11) is -2.13. The van der Waals surface area contributed by atoms with E-state index in [4.69, 9.17) is 0 Å². The van der Waals surface area contributed by atoms with Gasteiger partial charge in [0.1, 0.15) is 0 Å². The molecule has 0 saturated heterocycles. The molecule has 0 atom stereocenters. The van der Waals surface area contributed by atoms with E-state index < -0.39 is 14.9 Å². The lowest BCUT2D eigenvalue weighted by atomic mass is 9.87. The van der Waals surface area contributed by atoms with Crippen LogP contribution in [0, 0.1) is 16.0 Å². The van der Waals surface area contributed by atoms with E-state index in [-0.39, 0.29) is 17.1 Å². The summed E-state index contributed by atoms with van der Waals surface area (Å²) in [6, 6.07) is 5.35. The predicted molar refractivity (Wildman–Crippen MR) is 104 cm³/mol. The summed E-state index contributed by atoms with van der Waals surface area (Å²) < 4.78 is 27.0. The Kier molecular flexibility index (Phi) is 7.55. The molecular weight excluding hydrogens is 370 g/mol. The molecule has 0 heterocycles. The van der Waals surface area contributed by atoms with Gasteiger partial charge in [-0.3, -0.25) is 15.1 Å². The van der Waals surface area contributed by atoms with Gasteiger partial charge in [0.05, 0.1) is 9.82 Å². The van der Waals surface area contributed by atoms with Crippen molar-refractivity contribution in [2.45, 2.75) is 43.5 Å². The van der Waals surface area contributed by atoms with E-state index in [2.05, 4.69) is 27.3 Å². The lowest BCUT2D eigenvalue weighted by molar-refractivity contribution is -0.385. The Morgan fingerprint density at radius 3 is 2.59 bits per heavy atom. The fourth-order valence-electron chi connectivity index (χ4n) is 3.01. The maximum Gasteiger partial charge on any atom is 0.270 e. The van der Waals surface area contributed by atoms with Crippen molar-refractivity contribution in [1.29, 1.82) is 0 Å². The van der Waals surface area contributed by atoms with Gasteiger partial charge in [-0.2, -0.15) is 0 Å². The molecule has 0 bridgehead atoms. The highest BCUT2D eigenvalue weighted by Crippen LogP contribution is 2.23. The second-order valence-corrected chi connectivity index (χ2v) is 8.52. The molecule has 10 heteroatoms. The minimum absolute atomic E-state index is 0.129. The smallest absolute Gasteiger partial charge is 0.270 e. The van der Waals surface area contributed by atoms with Gasteiger partial charge in [0.2, 0.25) is 10.0 Å². The maximum absolute atomic E-state index is 12.3. The summed E-state index contributed by atoms with van der Waals surface area (Å²) in [6.45, 7) is 2.74. The third kappa shape index (κ3) is 6.47. The molecule has 3 N–H and O–H groups in total. The molecule has 0 amide bonds. The number of hydrogen-bond acceptors (Lipinski definition) is 5. The van der Waals surface area contributed by atoms with Crippen molar-refractivity contribution in [2.24, 2.45) is 10.9 Å². The Labute approximate surface area is 159 Å². The minimum atomic E-state index is -3.81. The minimum Gasteiger partial charge on any atom is -0.355 e. The Morgan fingerprint density at radius 1 is 1.26 bits per heavy atom. The number of sulfonamides is 1. The summed E-state index contributed by atoms with van der Waals surface area (Å²) in [5, 5.41) is 17.2. The number of non-ortho nitro benzene ring substituents is 1. The molecular formula is C17H27N5O4S. The number of hydrogen-bond donors (Lipinski definition) is 3. The van der Waals surface area contributed by atoms with Crippen molar-refractivity contribution in [3.05, 3.63) is 34.4 Å². The summed E-state index contributed by atoms with van der Waals surface area (Å²) >= 11 is 0. The van der Waals surface area contributed by atoms with E-state index in [1.54, 1.807) is 7.05 Å².